The van der Waals surface area contributed by atoms with Gasteiger partial charge in [-0.3, -0.25) is 0 Å². The molecule has 0 aliphatic heterocycles. The number of benzene rings is 1. The molecule has 2 fully saturated rings. The number of fused-ring (bicyclic) bond motifs is 1. The summed E-state index contributed by atoms with van der Waals surface area (Å²) in [6.45, 7) is 0. The fraction of sp³-hybridized carbons (Fsp3) is 0.625. The van der Waals surface area contributed by atoms with E-state index in [0.717, 1.165) is 31.2 Å². The van der Waals surface area contributed by atoms with E-state index in [0.29, 0.717) is 12.0 Å². The Morgan fingerprint density at radius 1 is 0.900 bits per heavy atom. The smallest absolute Gasteiger partial charge is 0.182 e. The van der Waals surface area contributed by atoms with E-state index in [2.05, 4.69) is 5.32 Å². The summed E-state index contributed by atoms with van der Waals surface area (Å²) >= 11 is 0. The van der Waals surface area contributed by atoms with E-state index < -0.39 is 17.5 Å². The van der Waals surface area contributed by atoms with Gasteiger partial charge in [0.15, 0.2) is 11.6 Å². The summed E-state index contributed by atoms with van der Waals surface area (Å²) in [5.74, 6) is -1.35. The summed E-state index contributed by atoms with van der Waals surface area (Å²) in [4.78, 5) is 0. The van der Waals surface area contributed by atoms with Crippen molar-refractivity contribution < 1.29 is 13.2 Å². The molecule has 3 atom stereocenters. The Morgan fingerprint density at radius 3 is 2.45 bits per heavy atom. The maximum absolute atomic E-state index is 13.7. The van der Waals surface area contributed by atoms with Gasteiger partial charge in [-0.05, 0) is 31.1 Å². The average Bonchev–Trinajstić information content (AvgIpc) is 2.44. The van der Waals surface area contributed by atoms with Gasteiger partial charge >= 0.3 is 0 Å². The van der Waals surface area contributed by atoms with Crippen molar-refractivity contribution in [1.29, 1.82) is 0 Å². The Hall–Kier alpha value is -1.19. The molecular formula is C16H20F3N. The minimum atomic E-state index is -1.13. The molecule has 1 aromatic rings. The lowest BCUT2D eigenvalue weighted by Crippen LogP contribution is -2.34. The molecule has 3 rings (SSSR count). The molecule has 4 heteroatoms. The van der Waals surface area contributed by atoms with Gasteiger partial charge in [0.25, 0.3) is 0 Å². The Balaban J connectivity index is 1.69. The van der Waals surface area contributed by atoms with Crippen LogP contribution in [0.1, 0.15) is 44.9 Å². The lowest BCUT2D eigenvalue weighted by Gasteiger charge is -2.39. The highest BCUT2D eigenvalue weighted by molar-refractivity contribution is 5.46. The van der Waals surface area contributed by atoms with Crippen molar-refractivity contribution in [2.45, 2.75) is 51.0 Å². The molecule has 20 heavy (non-hydrogen) atoms. The second kappa shape index (κ2) is 5.66. The van der Waals surface area contributed by atoms with Gasteiger partial charge in [0, 0.05) is 18.2 Å². The number of nitrogens with one attached hydrogen (secondary N) is 1. The molecule has 1 N–H and O–H groups in total. The third-order valence-corrected chi connectivity index (χ3v) is 4.89. The van der Waals surface area contributed by atoms with Crippen molar-refractivity contribution in [3.8, 4) is 0 Å². The van der Waals surface area contributed by atoms with Gasteiger partial charge in [-0.2, -0.15) is 0 Å². The van der Waals surface area contributed by atoms with Crippen molar-refractivity contribution in [2.24, 2.45) is 11.8 Å². The first kappa shape index (κ1) is 13.8. The van der Waals surface area contributed by atoms with E-state index >= 15 is 0 Å². The minimum Gasteiger partial charge on any atom is -0.380 e. The number of anilines is 1. The van der Waals surface area contributed by atoms with Crippen LogP contribution in [0, 0.1) is 29.3 Å². The van der Waals surface area contributed by atoms with Gasteiger partial charge in [0.05, 0.1) is 5.69 Å². The van der Waals surface area contributed by atoms with Gasteiger partial charge in [-0.1, -0.05) is 25.7 Å². The first-order chi connectivity index (χ1) is 9.63. The second-order valence-electron chi connectivity index (χ2n) is 6.21. The van der Waals surface area contributed by atoms with Gasteiger partial charge < -0.3 is 5.32 Å². The summed E-state index contributed by atoms with van der Waals surface area (Å²) in [5.41, 5.74) is -0.0400. The third kappa shape index (κ3) is 2.79. The molecule has 0 spiro atoms. The third-order valence-electron chi connectivity index (χ3n) is 4.89. The number of hydrogen-bond donors (Lipinski definition) is 1. The summed E-state index contributed by atoms with van der Waals surface area (Å²) < 4.78 is 40.1. The number of hydrogen-bond acceptors (Lipinski definition) is 1. The van der Waals surface area contributed by atoms with Crippen LogP contribution in [0.15, 0.2) is 12.1 Å². The van der Waals surface area contributed by atoms with E-state index in [1.54, 1.807) is 0 Å². The average molecular weight is 283 g/mol. The Labute approximate surface area is 117 Å². The van der Waals surface area contributed by atoms with Crippen LogP contribution in [-0.4, -0.2) is 6.04 Å². The molecule has 110 valence electrons. The van der Waals surface area contributed by atoms with Gasteiger partial charge in [0.1, 0.15) is 5.82 Å². The highest BCUT2D eigenvalue weighted by Gasteiger charge is 2.32. The molecule has 2 aliphatic rings. The molecule has 3 unspecified atom stereocenters. The molecule has 0 bridgehead atoms. The molecule has 0 heterocycles. The summed E-state index contributed by atoms with van der Waals surface area (Å²) in [7, 11) is 0. The molecule has 0 radical (unpaired) electrons. The predicted molar refractivity (Wildman–Crippen MR) is 73.0 cm³/mol. The fourth-order valence-corrected chi connectivity index (χ4v) is 3.89. The van der Waals surface area contributed by atoms with Crippen molar-refractivity contribution in [3.05, 3.63) is 29.6 Å². The van der Waals surface area contributed by atoms with Crippen LogP contribution in [0.4, 0.5) is 18.9 Å². The van der Waals surface area contributed by atoms with Gasteiger partial charge in [0.2, 0.25) is 0 Å². The quantitative estimate of drug-likeness (QED) is 0.763. The first-order valence-electron chi connectivity index (χ1n) is 7.54. The van der Waals surface area contributed by atoms with Crippen molar-refractivity contribution in [2.75, 3.05) is 5.32 Å². The van der Waals surface area contributed by atoms with Crippen LogP contribution in [-0.2, 0) is 0 Å². The molecule has 1 aromatic carbocycles. The largest absolute Gasteiger partial charge is 0.380 e. The van der Waals surface area contributed by atoms with Crippen LogP contribution in [0.5, 0.6) is 0 Å². The normalized spacial score (nSPS) is 29.9. The highest BCUT2D eigenvalue weighted by Crippen LogP contribution is 2.41. The maximum atomic E-state index is 13.7. The Kier molecular flexibility index (Phi) is 3.90. The van der Waals surface area contributed by atoms with E-state index in [9.17, 15) is 13.2 Å². The van der Waals surface area contributed by atoms with Gasteiger partial charge in [-0.15, -0.1) is 0 Å². The lowest BCUT2D eigenvalue weighted by atomic mass is 9.69. The zero-order valence-corrected chi connectivity index (χ0v) is 11.5. The number of rotatable bonds is 2. The van der Waals surface area contributed by atoms with E-state index in [1.165, 1.54) is 25.7 Å². The maximum Gasteiger partial charge on any atom is 0.182 e. The standard InChI is InChI=1S/C16H20F3N/c17-12-8-14(18)16(19)15(9-12)20-13-6-5-10-3-1-2-4-11(10)7-13/h8-11,13,20H,1-7H2. The van der Waals surface area contributed by atoms with Crippen LogP contribution >= 0.6 is 0 Å². The Bertz CT molecular complexity index is 489. The van der Waals surface area contributed by atoms with Crippen molar-refractivity contribution in [1.82, 2.24) is 0 Å². The molecule has 0 saturated heterocycles. The van der Waals surface area contributed by atoms with E-state index in [4.69, 9.17) is 0 Å². The van der Waals surface area contributed by atoms with E-state index in [1.807, 2.05) is 0 Å². The molecular weight excluding hydrogens is 263 g/mol. The van der Waals surface area contributed by atoms with E-state index in [-0.39, 0.29) is 11.7 Å². The summed E-state index contributed by atoms with van der Waals surface area (Å²) in [6.07, 6.45) is 8.23. The highest BCUT2D eigenvalue weighted by atomic mass is 19.2. The van der Waals surface area contributed by atoms with Crippen LogP contribution in [0.3, 0.4) is 0 Å². The Morgan fingerprint density at radius 2 is 1.65 bits per heavy atom. The fourth-order valence-electron chi connectivity index (χ4n) is 3.89. The topological polar surface area (TPSA) is 12.0 Å². The van der Waals surface area contributed by atoms with Crippen molar-refractivity contribution in [3.63, 3.8) is 0 Å². The zero-order valence-electron chi connectivity index (χ0n) is 11.5. The van der Waals surface area contributed by atoms with Crippen LogP contribution in [0.2, 0.25) is 0 Å². The van der Waals surface area contributed by atoms with Crippen molar-refractivity contribution >= 4 is 5.69 Å². The molecule has 0 amide bonds. The summed E-state index contributed by atoms with van der Waals surface area (Å²) in [6, 6.07) is 1.76. The molecule has 1 nitrogen and oxygen atoms in total. The summed E-state index contributed by atoms with van der Waals surface area (Å²) in [5, 5.41) is 3.01. The minimum absolute atomic E-state index is 0.0400. The zero-order chi connectivity index (χ0) is 14.1. The first-order valence-corrected chi connectivity index (χ1v) is 7.54. The van der Waals surface area contributed by atoms with Crippen LogP contribution < -0.4 is 5.32 Å². The predicted octanol–water partition coefficient (Wildman–Crippen LogP) is 4.87. The number of halogens is 3. The monoisotopic (exact) mass is 283 g/mol. The molecule has 2 aliphatic carbocycles. The van der Waals surface area contributed by atoms with Gasteiger partial charge in [-0.25, -0.2) is 13.2 Å². The second-order valence-corrected chi connectivity index (χ2v) is 6.21. The lowest BCUT2D eigenvalue weighted by molar-refractivity contribution is 0.162. The molecule has 0 aromatic heterocycles. The van der Waals surface area contributed by atoms with Crippen LogP contribution in [0.25, 0.3) is 0 Å². The SMILES string of the molecule is Fc1cc(F)c(F)c(NC2CCC3CCCCC3C2)c1. The molecule has 2 saturated carbocycles.